The van der Waals surface area contributed by atoms with Crippen molar-refractivity contribution in [3.63, 3.8) is 0 Å². The molecule has 162 valence electrons. The topological polar surface area (TPSA) is 69.0 Å². The van der Waals surface area contributed by atoms with E-state index >= 15 is 0 Å². The fourth-order valence-electron chi connectivity index (χ4n) is 4.08. The maximum atomic E-state index is 13.5. The minimum atomic E-state index is -0.148. The lowest BCUT2D eigenvalue weighted by atomic mass is 10.0. The van der Waals surface area contributed by atoms with Crippen molar-refractivity contribution in [1.82, 2.24) is 20.1 Å². The van der Waals surface area contributed by atoms with Gasteiger partial charge in [-0.3, -0.25) is 4.79 Å². The fraction of sp³-hybridized carbons (Fsp3) is 0.269. The number of ether oxygens (including phenoxy) is 1. The highest BCUT2D eigenvalue weighted by Crippen LogP contribution is 2.40. The van der Waals surface area contributed by atoms with Crippen molar-refractivity contribution in [3.05, 3.63) is 83.2 Å². The second kappa shape index (κ2) is 8.11. The lowest BCUT2D eigenvalue weighted by Crippen LogP contribution is -2.27. The summed E-state index contributed by atoms with van der Waals surface area (Å²) in [7, 11) is 1.64. The zero-order valence-electron chi connectivity index (χ0n) is 18.5. The van der Waals surface area contributed by atoms with Gasteiger partial charge < -0.3 is 10.1 Å². The van der Waals surface area contributed by atoms with E-state index in [4.69, 9.17) is 14.8 Å². The van der Waals surface area contributed by atoms with Gasteiger partial charge in [-0.2, -0.15) is 5.10 Å². The van der Waals surface area contributed by atoms with Gasteiger partial charge in [-0.15, -0.1) is 0 Å². The molecule has 0 bridgehead atoms. The second-order valence-corrected chi connectivity index (χ2v) is 8.37. The molecule has 0 saturated heterocycles. The number of amides is 1. The maximum absolute atomic E-state index is 13.5. The summed E-state index contributed by atoms with van der Waals surface area (Å²) in [6, 6.07) is 19.5. The van der Waals surface area contributed by atoms with Gasteiger partial charge >= 0.3 is 0 Å². The van der Waals surface area contributed by atoms with Crippen LogP contribution < -0.4 is 10.1 Å². The molecular weight excluding hydrogens is 400 g/mol. The average molecular weight is 427 g/mol. The van der Waals surface area contributed by atoms with Crippen LogP contribution in [0.1, 0.15) is 59.0 Å². The molecule has 2 aromatic heterocycles. The third kappa shape index (κ3) is 3.73. The first-order chi connectivity index (χ1) is 15.5. The highest BCUT2D eigenvalue weighted by molar-refractivity contribution is 6.07. The van der Waals surface area contributed by atoms with Gasteiger partial charge in [0.1, 0.15) is 5.75 Å². The highest BCUT2D eigenvalue weighted by Gasteiger charge is 2.29. The van der Waals surface area contributed by atoms with Crippen LogP contribution in [-0.4, -0.2) is 27.8 Å². The molecule has 0 radical (unpaired) electrons. The van der Waals surface area contributed by atoms with Crippen molar-refractivity contribution in [2.45, 2.75) is 38.6 Å². The lowest BCUT2D eigenvalue weighted by Gasteiger charge is -2.16. The van der Waals surface area contributed by atoms with Crippen LogP contribution in [0.4, 0.5) is 0 Å². The number of hydrogen-bond donors (Lipinski definition) is 1. The summed E-state index contributed by atoms with van der Waals surface area (Å²) in [5, 5.41) is 8.70. The van der Waals surface area contributed by atoms with Crippen LogP contribution in [0.25, 0.3) is 16.7 Å². The molecule has 6 heteroatoms. The van der Waals surface area contributed by atoms with Gasteiger partial charge in [0.15, 0.2) is 5.65 Å². The molecule has 1 atom stereocenters. The lowest BCUT2D eigenvalue weighted by molar-refractivity contribution is 0.0941. The van der Waals surface area contributed by atoms with Crippen molar-refractivity contribution < 1.29 is 9.53 Å². The molecule has 0 aliphatic heterocycles. The Labute approximate surface area is 187 Å². The minimum absolute atomic E-state index is 0.113. The number of nitrogens with one attached hydrogen (secondary N) is 1. The van der Waals surface area contributed by atoms with E-state index in [1.54, 1.807) is 7.11 Å². The van der Waals surface area contributed by atoms with E-state index < -0.39 is 0 Å². The van der Waals surface area contributed by atoms with Crippen LogP contribution >= 0.6 is 0 Å². The van der Waals surface area contributed by atoms with E-state index in [9.17, 15) is 4.79 Å². The molecule has 32 heavy (non-hydrogen) atoms. The number of benzene rings is 2. The number of rotatable bonds is 6. The summed E-state index contributed by atoms with van der Waals surface area (Å²) in [6.45, 7) is 3.92. The first-order valence-corrected chi connectivity index (χ1v) is 11.0. The number of aryl methyl sites for hydroxylation is 1. The number of para-hydroxylation sites is 1. The smallest absolute Gasteiger partial charge is 0.252 e. The van der Waals surface area contributed by atoms with Crippen LogP contribution in [0, 0.1) is 6.92 Å². The van der Waals surface area contributed by atoms with Crippen LogP contribution in [-0.2, 0) is 0 Å². The predicted molar refractivity (Wildman–Crippen MR) is 124 cm³/mol. The van der Waals surface area contributed by atoms with Gasteiger partial charge in [0.25, 0.3) is 5.91 Å². The van der Waals surface area contributed by atoms with Crippen LogP contribution in [0.3, 0.4) is 0 Å². The van der Waals surface area contributed by atoms with Gasteiger partial charge in [-0.05, 0) is 62.6 Å². The zero-order chi connectivity index (χ0) is 22.2. The zero-order valence-corrected chi connectivity index (χ0v) is 18.5. The number of fused-ring (bicyclic) bond motifs is 1. The van der Waals surface area contributed by atoms with Crippen molar-refractivity contribution in [2.75, 3.05) is 7.11 Å². The van der Waals surface area contributed by atoms with E-state index in [1.807, 2.05) is 79.2 Å². The molecule has 1 fully saturated rings. The van der Waals surface area contributed by atoms with E-state index in [1.165, 1.54) is 0 Å². The molecule has 1 N–H and O–H groups in total. The summed E-state index contributed by atoms with van der Waals surface area (Å²) in [5.74, 6) is 1.10. The molecule has 2 aromatic carbocycles. The molecule has 1 saturated carbocycles. The number of aromatic nitrogens is 3. The number of hydrogen-bond acceptors (Lipinski definition) is 4. The summed E-state index contributed by atoms with van der Waals surface area (Å²) in [4.78, 5) is 18.4. The Hall–Kier alpha value is -3.67. The third-order valence-corrected chi connectivity index (χ3v) is 6.04. The van der Waals surface area contributed by atoms with E-state index in [0.29, 0.717) is 11.5 Å². The van der Waals surface area contributed by atoms with E-state index in [-0.39, 0.29) is 11.9 Å². The number of carbonyl (C=O) groups excluding carboxylic acids is 1. The molecule has 1 amide bonds. The van der Waals surface area contributed by atoms with Gasteiger partial charge in [0, 0.05) is 11.6 Å². The van der Waals surface area contributed by atoms with Gasteiger partial charge in [0.2, 0.25) is 0 Å². The predicted octanol–water partition coefficient (Wildman–Crippen LogP) is 5.11. The Morgan fingerprint density at radius 3 is 2.50 bits per heavy atom. The normalized spacial score (nSPS) is 14.3. The molecule has 1 aliphatic rings. The first-order valence-electron chi connectivity index (χ1n) is 11.0. The number of methoxy groups -OCH3 is 1. The first kappa shape index (κ1) is 20.2. The Balaban J connectivity index is 1.55. The number of pyridine rings is 1. The van der Waals surface area contributed by atoms with Crippen molar-refractivity contribution in [2.24, 2.45) is 0 Å². The molecule has 6 nitrogen and oxygen atoms in total. The standard InChI is InChI=1S/C26H26N4O2/c1-16(18-11-13-21(32-3)14-12-18)27-26(31)22-15-23(19-9-10-19)28-25-24(22)17(2)29-30(25)20-7-5-4-6-8-20/h4-8,11-16,19H,9-10H2,1-3H3,(H,27,31)/t16-/m1/s1. The van der Waals surface area contributed by atoms with Gasteiger partial charge in [0.05, 0.1) is 35.5 Å². The molecule has 4 aromatic rings. The Kier molecular flexibility index (Phi) is 5.13. The highest BCUT2D eigenvalue weighted by atomic mass is 16.5. The van der Waals surface area contributed by atoms with E-state index in [2.05, 4.69) is 5.32 Å². The summed E-state index contributed by atoms with van der Waals surface area (Å²) >= 11 is 0. The molecule has 0 spiro atoms. The molecule has 2 heterocycles. The molecule has 1 aliphatic carbocycles. The SMILES string of the molecule is COc1ccc([C@@H](C)NC(=O)c2cc(C3CC3)nc3c2c(C)nn3-c2ccccc2)cc1. The molecular formula is C26H26N4O2. The van der Waals surface area contributed by atoms with Crippen molar-refractivity contribution in [3.8, 4) is 11.4 Å². The number of nitrogens with zero attached hydrogens (tertiary/aromatic N) is 3. The fourth-order valence-corrected chi connectivity index (χ4v) is 4.08. The molecule has 0 unspecified atom stereocenters. The van der Waals surface area contributed by atoms with Crippen molar-refractivity contribution >= 4 is 16.9 Å². The van der Waals surface area contributed by atoms with Crippen LogP contribution in [0.5, 0.6) is 5.75 Å². The summed E-state index contributed by atoms with van der Waals surface area (Å²) < 4.78 is 7.08. The summed E-state index contributed by atoms with van der Waals surface area (Å²) in [5.41, 5.74) is 5.09. The maximum Gasteiger partial charge on any atom is 0.252 e. The third-order valence-electron chi connectivity index (χ3n) is 6.04. The average Bonchev–Trinajstić information content (AvgIpc) is 3.62. The Morgan fingerprint density at radius 1 is 1.12 bits per heavy atom. The number of carbonyl (C=O) groups is 1. The van der Waals surface area contributed by atoms with Gasteiger partial charge in [-0.1, -0.05) is 30.3 Å². The van der Waals surface area contributed by atoms with E-state index in [0.717, 1.165) is 52.3 Å². The molecule has 5 rings (SSSR count). The van der Waals surface area contributed by atoms with Crippen LogP contribution in [0.15, 0.2) is 60.7 Å². The summed E-state index contributed by atoms with van der Waals surface area (Å²) in [6.07, 6.45) is 2.22. The largest absolute Gasteiger partial charge is 0.497 e. The monoisotopic (exact) mass is 426 g/mol. The quantitative estimate of drug-likeness (QED) is 0.465. The minimum Gasteiger partial charge on any atom is -0.497 e. The Bertz CT molecular complexity index is 1270. The van der Waals surface area contributed by atoms with Gasteiger partial charge in [-0.25, -0.2) is 9.67 Å². The van der Waals surface area contributed by atoms with Crippen molar-refractivity contribution in [1.29, 1.82) is 0 Å². The Morgan fingerprint density at radius 2 is 1.84 bits per heavy atom. The van der Waals surface area contributed by atoms with Crippen LogP contribution in [0.2, 0.25) is 0 Å². The second-order valence-electron chi connectivity index (χ2n) is 8.37.